The van der Waals surface area contributed by atoms with E-state index in [1.165, 1.54) is 14.2 Å². The number of methoxy groups -OCH3 is 2. The molecule has 138 valence electrons. The van der Waals surface area contributed by atoms with Gasteiger partial charge in [0, 0.05) is 17.4 Å². The van der Waals surface area contributed by atoms with Crippen molar-refractivity contribution in [3.8, 4) is 11.5 Å². The van der Waals surface area contributed by atoms with Crippen LogP contribution in [0, 0.1) is 20.8 Å². The Morgan fingerprint density at radius 3 is 2.00 bits per heavy atom. The molecule has 0 aliphatic heterocycles. The number of amides is 2. The molecule has 0 heterocycles. The van der Waals surface area contributed by atoms with Gasteiger partial charge in [-0.25, -0.2) is 0 Å². The van der Waals surface area contributed by atoms with Crippen LogP contribution in [-0.2, 0) is 9.59 Å². The highest BCUT2D eigenvalue weighted by atomic mass is 16.5. The molecule has 2 aromatic carbocycles. The van der Waals surface area contributed by atoms with Crippen LogP contribution in [0.3, 0.4) is 0 Å². The first kappa shape index (κ1) is 19.3. The lowest BCUT2D eigenvalue weighted by Gasteiger charge is -2.13. The van der Waals surface area contributed by atoms with E-state index in [2.05, 4.69) is 10.6 Å². The van der Waals surface area contributed by atoms with Crippen LogP contribution in [0.4, 0.5) is 11.4 Å². The molecule has 0 aliphatic carbocycles. The normalized spacial score (nSPS) is 10.2. The van der Waals surface area contributed by atoms with Gasteiger partial charge in [0.05, 0.1) is 14.2 Å². The van der Waals surface area contributed by atoms with E-state index in [0.29, 0.717) is 17.2 Å². The van der Waals surface area contributed by atoms with Crippen LogP contribution in [0.1, 0.15) is 23.1 Å². The molecule has 0 aromatic heterocycles. The molecule has 2 N–H and O–H groups in total. The van der Waals surface area contributed by atoms with Gasteiger partial charge in [-0.2, -0.15) is 0 Å². The van der Waals surface area contributed by atoms with Crippen molar-refractivity contribution in [1.82, 2.24) is 0 Å². The van der Waals surface area contributed by atoms with Crippen molar-refractivity contribution in [3.63, 3.8) is 0 Å². The second-order valence-electron chi connectivity index (χ2n) is 6.12. The van der Waals surface area contributed by atoms with Crippen LogP contribution >= 0.6 is 0 Å². The quantitative estimate of drug-likeness (QED) is 0.776. The van der Waals surface area contributed by atoms with E-state index < -0.39 is 5.91 Å². The first-order valence-electron chi connectivity index (χ1n) is 8.23. The Hall–Kier alpha value is -3.02. The maximum atomic E-state index is 12.2. The van der Waals surface area contributed by atoms with Gasteiger partial charge in [-0.3, -0.25) is 9.59 Å². The number of ether oxygens (including phenoxy) is 2. The third kappa shape index (κ3) is 4.75. The third-order valence-corrected chi connectivity index (χ3v) is 3.93. The third-order valence-electron chi connectivity index (χ3n) is 3.93. The molecule has 0 saturated carbocycles. The fourth-order valence-corrected chi connectivity index (χ4v) is 2.83. The van der Waals surface area contributed by atoms with Gasteiger partial charge in [-0.1, -0.05) is 17.7 Å². The Morgan fingerprint density at radius 2 is 1.42 bits per heavy atom. The number of benzene rings is 2. The Morgan fingerprint density at radius 1 is 0.846 bits per heavy atom. The highest BCUT2D eigenvalue weighted by Gasteiger charge is 2.14. The van der Waals surface area contributed by atoms with Gasteiger partial charge >= 0.3 is 0 Å². The summed E-state index contributed by atoms with van der Waals surface area (Å²) in [7, 11) is 3.05. The average Bonchev–Trinajstić information content (AvgIpc) is 2.57. The maximum Gasteiger partial charge on any atom is 0.233 e. The predicted octanol–water partition coefficient (Wildman–Crippen LogP) is 3.60. The zero-order valence-electron chi connectivity index (χ0n) is 15.7. The number of aryl methyl sites for hydroxylation is 3. The molecule has 2 aromatic rings. The van der Waals surface area contributed by atoms with E-state index in [9.17, 15) is 9.59 Å². The number of nitrogens with one attached hydrogen (secondary N) is 2. The molecule has 0 atom stereocenters. The highest BCUT2D eigenvalue weighted by molar-refractivity contribution is 6.08. The van der Waals surface area contributed by atoms with Crippen LogP contribution in [0.25, 0.3) is 0 Å². The summed E-state index contributed by atoms with van der Waals surface area (Å²) in [5, 5.41) is 5.51. The molecule has 0 bridgehead atoms. The summed E-state index contributed by atoms with van der Waals surface area (Å²) in [6, 6.07) is 9.00. The van der Waals surface area contributed by atoms with Crippen LogP contribution in [0.2, 0.25) is 0 Å². The number of hydrogen-bond donors (Lipinski definition) is 2. The van der Waals surface area contributed by atoms with E-state index in [1.54, 1.807) is 18.2 Å². The van der Waals surface area contributed by atoms with Crippen molar-refractivity contribution >= 4 is 23.2 Å². The van der Waals surface area contributed by atoms with Gasteiger partial charge in [-0.05, 0) is 44.0 Å². The number of rotatable bonds is 6. The molecule has 26 heavy (non-hydrogen) atoms. The van der Waals surface area contributed by atoms with E-state index >= 15 is 0 Å². The van der Waals surface area contributed by atoms with Crippen LogP contribution in [-0.4, -0.2) is 26.0 Å². The predicted molar refractivity (Wildman–Crippen MR) is 102 cm³/mol. The number of carbonyl (C=O) groups is 2. The zero-order chi connectivity index (χ0) is 19.3. The molecule has 2 amide bonds. The van der Waals surface area contributed by atoms with Crippen molar-refractivity contribution in [2.45, 2.75) is 27.2 Å². The Bertz CT molecular complexity index is 808. The van der Waals surface area contributed by atoms with Crippen molar-refractivity contribution in [2.75, 3.05) is 24.9 Å². The SMILES string of the molecule is COc1ccc(NC(=O)CC(=O)Nc2c(C)cc(C)cc2C)cc1OC. The molecular weight excluding hydrogens is 332 g/mol. The average molecular weight is 356 g/mol. The summed E-state index contributed by atoms with van der Waals surface area (Å²) in [5.41, 5.74) is 4.35. The number of hydrogen-bond acceptors (Lipinski definition) is 4. The topological polar surface area (TPSA) is 76.7 Å². The maximum absolute atomic E-state index is 12.2. The Kier molecular flexibility index (Phi) is 6.22. The molecule has 0 saturated heterocycles. The fourth-order valence-electron chi connectivity index (χ4n) is 2.83. The van der Waals surface area contributed by atoms with Crippen molar-refractivity contribution in [3.05, 3.63) is 47.0 Å². The molecule has 2 rings (SSSR count). The van der Waals surface area contributed by atoms with Gasteiger partial charge in [0.2, 0.25) is 11.8 Å². The second kappa shape index (κ2) is 8.38. The fraction of sp³-hybridized carbons (Fsp3) is 0.300. The largest absolute Gasteiger partial charge is 0.493 e. The summed E-state index contributed by atoms with van der Waals surface area (Å²) in [6.07, 6.45) is -0.277. The van der Waals surface area contributed by atoms with E-state index in [0.717, 1.165) is 22.4 Å². The first-order valence-corrected chi connectivity index (χ1v) is 8.23. The number of anilines is 2. The van der Waals surface area contributed by atoms with Gasteiger partial charge in [0.15, 0.2) is 11.5 Å². The summed E-state index contributed by atoms with van der Waals surface area (Å²) < 4.78 is 10.4. The van der Waals surface area contributed by atoms with Crippen molar-refractivity contribution < 1.29 is 19.1 Å². The monoisotopic (exact) mass is 356 g/mol. The van der Waals surface area contributed by atoms with E-state index in [4.69, 9.17) is 9.47 Å². The molecule has 6 heteroatoms. The van der Waals surface area contributed by atoms with Crippen LogP contribution < -0.4 is 20.1 Å². The van der Waals surface area contributed by atoms with E-state index in [1.807, 2.05) is 32.9 Å². The minimum absolute atomic E-state index is 0.277. The number of carbonyl (C=O) groups excluding carboxylic acids is 2. The lowest BCUT2D eigenvalue weighted by atomic mass is 10.0. The van der Waals surface area contributed by atoms with Gasteiger partial charge in [0.25, 0.3) is 0 Å². The van der Waals surface area contributed by atoms with Crippen LogP contribution in [0.15, 0.2) is 30.3 Å². The van der Waals surface area contributed by atoms with Gasteiger partial charge < -0.3 is 20.1 Å². The standard InChI is InChI=1S/C20H24N2O4/c1-12-8-13(2)20(14(3)9-12)22-19(24)11-18(23)21-15-6-7-16(25-4)17(10-15)26-5/h6-10H,11H2,1-5H3,(H,21,23)(H,22,24). The summed E-state index contributed by atoms with van der Waals surface area (Å²) in [6.45, 7) is 5.86. The minimum atomic E-state index is -0.405. The molecule has 0 spiro atoms. The first-order chi connectivity index (χ1) is 12.3. The van der Waals surface area contributed by atoms with Gasteiger partial charge in [-0.15, -0.1) is 0 Å². The van der Waals surface area contributed by atoms with Gasteiger partial charge in [0.1, 0.15) is 6.42 Å². The van der Waals surface area contributed by atoms with Crippen molar-refractivity contribution in [2.24, 2.45) is 0 Å². The Labute approximate surface area is 153 Å². The summed E-state index contributed by atoms with van der Waals surface area (Å²) in [5.74, 6) is 0.296. The molecule has 0 fully saturated rings. The zero-order valence-corrected chi connectivity index (χ0v) is 15.7. The molecule has 0 radical (unpaired) electrons. The van der Waals surface area contributed by atoms with Crippen LogP contribution in [0.5, 0.6) is 11.5 Å². The van der Waals surface area contributed by atoms with Crippen molar-refractivity contribution in [1.29, 1.82) is 0 Å². The summed E-state index contributed by atoms with van der Waals surface area (Å²) in [4.78, 5) is 24.4. The smallest absolute Gasteiger partial charge is 0.233 e. The highest BCUT2D eigenvalue weighted by Crippen LogP contribution is 2.29. The summed E-state index contributed by atoms with van der Waals surface area (Å²) >= 11 is 0. The minimum Gasteiger partial charge on any atom is -0.493 e. The molecule has 6 nitrogen and oxygen atoms in total. The lowest BCUT2D eigenvalue weighted by Crippen LogP contribution is -2.22. The van der Waals surface area contributed by atoms with E-state index in [-0.39, 0.29) is 12.3 Å². The molecule has 0 unspecified atom stereocenters. The second-order valence-corrected chi connectivity index (χ2v) is 6.12. The molecule has 0 aliphatic rings. The Balaban J connectivity index is 2.01. The lowest BCUT2D eigenvalue weighted by molar-refractivity contribution is -0.123. The molecular formula is C20H24N2O4.